The summed E-state index contributed by atoms with van der Waals surface area (Å²) in [7, 11) is 1.61. The van der Waals surface area contributed by atoms with Crippen LogP contribution in [0.2, 0.25) is 0 Å². The fourth-order valence-corrected chi connectivity index (χ4v) is 3.05. The van der Waals surface area contributed by atoms with Crippen LogP contribution in [-0.2, 0) is 11.8 Å². The number of rotatable bonds is 5. The van der Waals surface area contributed by atoms with Crippen LogP contribution in [0.25, 0.3) is 5.65 Å². The van der Waals surface area contributed by atoms with Gasteiger partial charge in [0.15, 0.2) is 5.65 Å². The molecule has 0 spiro atoms. The summed E-state index contributed by atoms with van der Waals surface area (Å²) >= 11 is 0. The lowest BCUT2D eigenvalue weighted by Crippen LogP contribution is -2.30. The molecule has 0 radical (unpaired) electrons. The standard InChI is InChI=1S/C20H18N6O3/c1-3-29-20(28)16-11-22-24(2)18(16)19(27)26(14-7-5-4-6-8-14)15-9-10-17-21-13-23-25(17)12-15/h4-13H,3H2,1-2H3. The minimum atomic E-state index is -0.594. The second kappa shape index (κ2) is 7.55. The van der Waals surface area contributed by atoms with Gasteiger partial charge >= 0.3 is 5.97 Å². The van der Waals surface area contributed by atoms with E-state index in [-0.39, 0.29) is 17.9 Å². The van der Waals surface area contributed by atoms with Crippen molar-refractivity contribution in [3.05, 3.63) is 72.4 Å². The van der Waals surface area contributed by atoms with Crippen LogP contribution >= 0.6 is 0 Å². The largest absolute Gasteiger partial charge is 0.462 e. The number of pyridine rings is 1. The second-order valence-electron chi connectivity index (χ2n) is 6.18. The SMILES string of the molecule is CCOC(=O)c1cnn(C)c1C(=O)N(c1ccccc1)c1ccc2ncnn2c1. The van der Waals surface area contributed by atoms with Crippen molar-refractivity contribution >= 4 is 28.9 Å². The van der Waals surface area contributed by atoms with E-state index in [1.54, 1.807) is 36.8 Å². The quantitative estimate of drug-likeness (QED) is 0.486. The minimum absolute atomic E-state index is 0.113. The maximum absolute atomic E-state index is 13.6. The molecule has 0 aliphatic carbocycles. The van der Waals surface area contributed by atoms with Gasteiger partial charge in [-0.2, -0.15) is 10.2 Å². The number of benzene rings is 1. The van der Waals surface area contributed by atoms with E-state index in [0.717, 1.165) is 0 Å². The van der Waals surface area contributed by atoms with E-state index in [1.165, 1.54) is 22.1 Å². The Hall–Kier alpha value is -4.01. The number of ether oxygens (including phenoxy) is 1. The molecule has 1 amide bonds. The van der Waals surface area contributed by atoms with Gasteiger partial charge in [-0.1, -0.05) is 18.2 Å². The average molecular weight is 390 g/mol. The van der Waals surface area contributed by atoms with Crippen LogP contribution in [0.15, 0.2) is 61.2 Å². The summed E-state index contributed by atoms with van der Waals surface area (Å²) < 4.78 is 8.04. The van der Waals surface area contributed by atoms with E-state index in [2.05, 4.69) is 15.2 Å². The van der Waals surface area contributed by atoms with Crippen LogP contribution in [0.5, 0.6) is 0 Å². The molecule has 3 aromatic heterocycles. The van der Waals surface area contributed by atoms with Gasteiger partial charge in [-0.3, -0.25) is 14.4 Å². The molecule has 29 heavy (non-hydrogen) atoms. The Morgan fingerprint density at radius 3 is 2.62 bits per heavy atom. The molecule has 0 saturated heterocycles. The maximum atomic E-state index is 13.6. The molecule has 0 aliphatic rings. The van der Waals surface area contributed by atoms with Gasteiger partial charge in [-0.15, -0.1) is 0 Å². The third-order valence-electron chi connectivity index (χ3n) is 4.37. The molecule has 1 aromatic carbocycles. The number of nitrogens with zero attached hydrogens (tertiary/aromatic N) is 6. The van der Waals surface area contributed by atoms with Crippen molar-refractivity contribution in [2.45, 2.75) is 6.92 Å². The molecule has 4 aromatic rings. The van der Waals surface area contributed by atoms with E-state index in [4.69, 9.17) is 4.74 Å². The Bertz CT molecular complexity index is 1180. The number of hydrogen-bond donors (Lipinski definition) is 0. The van der Waals surface area contributed by atoms with Crippen molar-refractivity contribution in [1.29, 1.82) is 0 Å². The van der Waals surface area contributed by atoms with Crippen molar-refractivity contribution in [1.82, 2.24) is 24.4 Å². The number of fused-ring (bicyclic) bond motifs is 1. The molecule has 0 unspecified atom stereocenters. The molecular formula is C20H18N6O3. The van der Waals surface area contributed by atoms with Gasteiger partial charge in [0.1, 0.15) is 17.6 Å². The smallest absolute Gasteiger partial charge is 0.342 e. The van der Waals surface area contributed by atoms with Crippen molar-refractivity contribution in [2.24, 2.45) is 7.05 Å². The predicted octanol–water partition coefficient (Wildman–Crippen LogP) is 2.62. The number of esters is 1. The lowest BCUT2D eigenvalue weighted by Gasteiger charge is -2.23. The molecule has 0 bridgehead atoms. The first-order chi connectivity index (χ1) is 14.1. The van der Waals surface area contributed by atoms with Crippen LogP contribution in [-0.4, -0.2) is 42.9 Å². The molecule has 0 saturated carbocycles. The molecule has 3 heterocycles. The van der Waals surface area contributed by atoms with E-state index >= 15 is 0 Å². The lowest BCUT2D eigenvalue weighted by molar-refractivity contribution is 0.0523. The van der Waals surface area contributed by atoms with Crippen LogP contribution < -0.4 is 4.90 Å². The zero-order valence-corrected chi connectivity index (χ0v) is 15.9. The Labute approximate surface area is 166 Å². The summed E-state index contributed by atoms with van der Waals surface area (Å²) in [6.07, 6.45) is 4.48. The van der Waals surface area contributed by atoms with Crippen LogP contribution in [0.3, 0.4) is 0 Å². The van der Waals surface area contributed by atoms with Gasteiger partial charge in [0, 0.05) is 12.7 Å². The molecule has 9 heteroatoms. The fraction of sp³-hybridized carbons (Fsp3) is 0.150. The van der Waals surface area contributed by atoms with E-state index in [1.807, 2.05) is 30.3 Å². The number of para-hydroxylation sites is 1. The van der Waals surface area contributed by atoms with Gasteiger partial charge in [0.2, 0.25) is 0 Å². The molecule has 0 aliphatic heterocycles. The first kappa shape index (κ1) is 18.4. The summed E-state index contributed by atoms with van der Waals surface area (Å²) in [4.78, 5) is 31.6. The molecule has 4 rings (SSSR count). The van der Waals surface area contributed by atoms with Gasteiger partial charge in [0.05, 0.1) is 24.7 Å². The maximum Gasteiger partial charge on any atom is 0.342 e. The third kappa shape index (κ3) is 3.33. The third-order valence-corrected chi connectivity index (χ3v) is 4.37. The number of carbonyl (C=O) groups excluding carboxylic acids is 2. The van der Waals surface area contributed by atoms with Crippen LogP contribution in [0, 0.1) is 0 Å². The summed E-state index contributed by atoms with van der Waals surface area (Å²) in [5.41, 5.74) is 2.10. The van der Waals surface area contributed by atoms with Crippen molar-refractivity contribution in [2.75, 3.05) is 11.5 Å². The predicted molar refractivity (Wildman–Crippen MR) is 105 cm³/mol. The number of carbonyl (C=O) groups is 2. The number of anilines is 2. The summed E-state index contributed by atoms with van der Waals surface area (Å²) in [6.45, 7) is 1.91. The molecule has 0 atom stereocenters. The van der Waals surface area contributed by atoms with Gasteiger partial charge in [-0.25, -0.2) is 14.3 Å². The van der Waals surface area contributed by atoms with Crippen LogP contribution in [0.4, 0.5) is 11.4 Å². The second-order valence-corrected chi connectivity index (χ2v) is 6.18. The number of aromatic nitrogens is 5. The number of amides is 1. The lowest BCUT2D eigenvalue weighted by atomic mass is 10.2. The Morgan fingerprint density at radius 1 is 1.07 bits per heavy atom. The Morgan fingerprint density at radius 2 is 1.86 bits per heavy atom. The van der Waals surface area contributed by atoms with Crippen LogP contribution in [0.1, 0.15) is 27.8 Å². The van der Waals surface area contributed by atoms with Gasteiger partial charge in [-0.05, 0) is 31.2 Å². The molecule has 0 fully saturated rings. The monoisotopic (exact) mass is 390 g/mol. The summed E-state index contributed by atoms with van der Waals surface area (Å²) in [6, 6.07) is 12.7. The fourth-order valence-electron chi connectivity index (χ4n) is 3.05. The van der Waals surface area contributed by atoms with E-state index in [9.17, 15) is 9.59 Å². The number of hydrogen-bond acceptors (Lipinski definition) is 6. The summed E-state index contributed by atoms with van der Waals surface area (Å²) in [5, 5.41) is 8.23. The minimum Gasteiger partial charge on any atom is -0.462 e. The molecular weight excluding hydrogens is 372 g/mol. The van der Waals surface area contributed by atoms with Crippen molar-refractivity contribution < 1.29 is 14.3 Å². The zero-order chi connectivity index (χ0) is 20.4. The van der Waals surface area contributed by atoms with E-state index < -0.39 is 11.9 Å². The first-order valence-corrected chi connectivity index (χ1v) is 8.98. The van der Waals surface area contributed by atoms with E-state index in [0.29, 0.717) is 17.0 Å². The zero-order valence-electron chi connectivity index (χ0n) is 15.9. The Balaban J connectivity index is 1.85. The van der Waals surface area contributed by atoms with Crippen molar-refractivity contribution in [3.63, 3.8) is 0 Å². The average Bonchev–Trinajstić information content (AvgIpc) is 3.35. The summed E-state index contributed by atoms with van der Waals surface area (Å²) in [5.74, 6) is -1.01. The highest BCUT2D eigenvalue weighted by Crippen LogP contribution is 2.28. The highest BCUT2D eigenvalue weighted by Gasteiger charge is 2.29. The normalized spacial score (nSPS) is 10.8. The molecule has 0 N–H and O–H groups in total. The van der Waals surface area contributed by atoms with Gasteiger partial charge in [0.25, 0.3) is 5.91 Å². The topological polar surface area (TPSA) is 94.6 Å². The highest BCUT2D eigenvalue weighted by molar-refractivity contribution is 6.14. The highest BCUT2D eigenvalue weighted by atomic mass is 16.5. The Kier molecular flexibility index (Phi) is 4.78. The molecule has 9 nitrogen and oxygen atoms in total. The number of aryl methyl sites for hydroxylation is 1. The van der Waals surface area contributed by atoms with Crippen molar-refractivity contribution in [3.8, 4) is 0 Å². The molecule has 146 valence electrons. The first-order valence-electron chi connectivity index (χ1n) is 8.98. The van der Waals surface area contributed by atoms with Gasteiger partial charge < -0.3 is 4.74 Å².